The van der Waals surface area contributed by atoms with Crippen LogP contribution in [0.3, 0.4) is 0 Å². The molecule has 0 aromatic carbocycles. The summed E-state index contributed by atoms with van der Waals surface area (Å²) < 4.78 is 4.97. The maximum atomic E-state index is 10.2. The number of carbonyl (C=O) groups is 1. The number of pyridine rings is 1. The van der Waals surface area contributed by atoms with Crippen LogP contribution in [0.5, 0.6) is 5.75 Å². The molecule has 0 saturated heterocycles. The number of nitrogens with zero attached hydrogens (tertiary/aromatic N) is 1. The zero-order valence-corrected chi connectivity index (χ0v) is 7.10. The zero-order valence-electron chi connectivity index (χ0n) is 7.10. The van der Waals surface area contributed by atoms with Gasteiger partial charge in [-0.3, -0.25) is 4.98 Å². The molecule has 0 amide bonds. The molecule has 1 aromatic rings. The Morgan fingerprint density at radius 3 is 3.08 bits per heavy atom. The molecule has 1 aromatic heterocycles. The van der Waals surface area contributed by atoms with Crippen LogP contribution in [0.2, 0.25) is 0 Å². The second-order valence-corrected chi connectivity index (χ2v) is 2.26. The van der Waals surface area contributed by atoms with E-state index in [0.717, 1.165) is 6.08 Å². The summed E-state index contributed by atoms with van der Waals surface area (Å²) in [4.78, 5) is 14.2. The highest BCUT2D eigenvalue weighted by Gasteiger charge is 1.98. The Labute approximate surface area is 75.5 Å². The van der Waals surface area contributed by atoms with Crippen LogP contribution in [-0.4, -0.2) is 23.2 Å². The summed E-state index contributed by atoms with van der Waals surface area (Å²) in [5.41, 5.74) is 0.507. The number of rotatable bonds is 3. The molecule has 0 aliphatic rings. The molecule has 13 heavy (non-hydrogen) atoms. The predicted octanol–water partition coefficient (Wildman–Crippen LogP) is 1.19. The summed E-state index contributed by atoms with van der Waals surface area (Å²) in [6.45, 7) is 0. The van der Waals surface area contributed by atoms with Crippen molar-refractivity contribution >= 4 is 12.0 Å². The highest BCUT2D eigenvalue weighted by Crippen LogP contribution is 2.15. The van der Waals surface area contributed by atoms with Gasteiger partial charge in [0.1, 0.15) is 11.4 Å². The van der Waals surface area contributed by atoms with Crippen molar-refractivity contribution in [3.63, 3.8) is 0 Å². The van der Waals surface area contributed by atoms with E-state index in [2.05, 4.69) is 4.98 Å². The van der Waals surface area contributed by atoms with Crippen molar-refractivity contribution in [1.82, 2.24) is 4.98 Å². The SMILES string of the molecule is COc1cccnc1C=CC(=O)O. The number of aliphatic carboxylic acids is 1. The first kappa shape index (κ1) is 9.25. The fourth-order valence-corrected chi connectivity index (χ4v) is 0.851. The molecule has 0 fully saturated rings. The van der Waals surface area contributed by atoms with Crippen LogP contribution in [0.1, 0.15) is 5.69 Å². The molecule has 0 radical (unpaired) electrons. The average molecular weight is 179 g/mol. The van der Waals surface area contributed by atoms with Crippen molar-refractivity contribution in [2.75, 3.05) is 7.11 Å². The van der Waals surface area contributed by atoms with Crippen LogP contribution in [0.15, 0.2) is 24.4 Å². The maximum Gasteiger partial charge on any atom is 0.328 e. The van der Waals surface area contributed by atoms with Crippen molar-refractivity contribution in [3.05, 3.63) is 30.1 Å². The van der Waals surface area contributed by atoms with Gasteiger partial charge < -0.3 is 9.84 Å². The quantitative estimate of drug-likeness (QED) is 0.708. The number of hydrogen-bond donors (Lipinski definition) is 1. The van der Waals surface area contributed by atoms with Crippen molar-refractivity contribution < 1.29 is 14.6 Å². The Morgan fingerprint density at radius 2 is 2.46 bits per heavy atom. The van der Waals surface area contributed by atoms with Crippen molar-refractivity contribution in [1.29, 1.82) is 0 Å². The topological polar surface area (TPSA) is 59.4 Å². The van der Waals surface area contributed by atoms with Gasteiger partial charge in [0.15, 0.2) is 0 Å². The van der Waals surface area contributed by atoms with Gasteiger partial charge in [0.25, 0.3) is 0 Å². The number of hydrogen-bond acceptors (Lipinski definition) is 3. The minimum atomic E-state index is -1.01. The summed E-state index contributed by atoms with van der Waals surface area (Å²) in [7, 11) is 1.51. The van der Waals surface area contributed by atoms with Gasteiger partial charge in [0, 0.05) is 12.3 Å². The standard InChI is InChI=1S/C9H9NO3/c1-13-8-3-2-6-10-7(8)4-5-9(11)12/h2-6H,1H3,(H,11,12). The summed E-state index contributed by atoms with van der Waals surface area (Å²) in [6, 6.07) is 3.44. The number of methoxy groups -OCH3 is 1. The monoisotopic (exact) mass is 179 g/mol. The average Bonchev–Trinajstić information content (AvgIpc) is 2.15. The molecule has 4 nitrogen and oxygen atoms in total. The summed E-state index contributed by atoms with van der Waals surface area (Å²) in [6.07, 6.45) is 3.98. The lowest BCUT2D eigenvalue weighted by Crippen LogP contribution is -1.91. The lowest BCUT2D eigenvalue weighted by atomic mass is 10.3. The van der Waals surface area contributed by atoms with E-state index < -0.39 is 5.97 Å². The molecule has 1 heterocycles. The third-order valence-electron chi connectivity index (χ3n) is 1.40. The highest BCUT2D eigenvalue weighted by molar-refractivity contribution is 5.85. The van der Waals surface area contributed by atoms with Crippen molar-refractivity contribution in [2.24, 2.45) is 0 Å². The van der Waals surface area contributed by atoms with E-state index in [4.69, 9.17) is 9.84 Å². The molecule has 0 unspecified atom stereocenters. The summed E-state index contributed by atoms with van der Waals surface area (Å²) >= 11 is 0. The molecule has 0 saturated carbocycles. The van der Waals surface area contributed by atoms with E-state index in [-0.39, 0.29) is 0 Å². The van der Waals surface area contributed by atoms with E-state index in [9.17, 15) is 4.79 Å². The first-order chi connectivity index (χ1) is 6.24. The zero-order chi connectivity index (χ0) is 9.68. The molecule has 0 spiro atoms. The van der Waals surface area contributed by atoms with E-state index in [1.807, 2.05) is 0 Å². The molecule has 0 aliphatic heterocycles. The van der Waals surface area contributed by atoms with E-state index in [0.29, 0.717) is 11.4 Å². The molecule has 0 bridgehead atoms. The molecular weight excluding hydrogens is 170 g/mol. The van der Waals surface area contributed by atoms with Crippen molar-refractivity contribution in [2.45, 2.75) is 0 Å². The second kappa shape index (κ2) is 4.25. The van der Waals surface area contributed by atoms with E-state index in [1.165, 1.54) is 13.2 Å². The third kappa shape index (κ3) is 2.59. The van der Waals surface area contributed by atoms with Crippen LogP contribution >= 0.6 is 0 Å². The number of carboxylic acids is 1. The molecule has 0 atom stereocenters. The minimum Gasteiger partial charge on any atom is -0.494 e. The number of aromatic nitrogens is 1. The number of carboxylic acid groups (broad SMARTS) is 1. The first-order valence-corrected chi connectivity index (χ1v) is 3.64. The van der Waals surface area contributed by atoms with Gasteiger partial charge >= 0.3 is 5.97 Å². The molecular formula is C9H9NO3. The fourth-order valence-electron chi connectivity index (χ4n) is 0.851. The van der Waals surface area contributed by atoms with Crippen LogP contribution in [0.25, 0.3) is 6.08 Å². The Morgan fingerprint density at radius 1 is 1.69 bits per heavy atom. The summed E-state index contributed by atoms with van der Waals surface area (Å²) in [5, 5.41) is 8.38. The Bertz CT molecular complexity index is 333. The normalized spacial score (nSPS) is 10.2. The van der Waals surface area contributed by atoms with Crippen molar-refractivity contribution in [3.8, 4) is 5.75 Å². The third-order valence-corrected chi connectivity index (χ3v) is 1.40. The van der Waals surface area contributed by atoms with Gasteiger partial charge in [-0.1, -0.05) is 0 Å². The summed E-state index contributed by atoms with van der Waals surface area (Å²) in [5.74, 6) is -0.451. The van der Waals surface area contributed by atoms with Crippen LogP contribution in [-0.2, 0) is 4.79 Å². The van der Waals surface area contributed by atoms with Crippen LogP contribution < -0.4 is 4.74 Å². The lowest BCUT2D eigenvalue weighted by Gasteiger charge is -2.01. The van der Waals surface area contributed by atoms with Gasteiger partial charge in [-0.2, -0.15) is 0 Å². The molecule has 0 aliphatic carbocycles. The van der Waals surface area contributed by atoms with Gasteiger partial charge in [0.2, 0.25) is 0 Å². The minimum absolute atomic E-state index is 0.507. The molecule has 1 rings (SSSR count). The molecule has 68 valence electrons. The number of ether oxygens (including phenoxy) is 1. The second-order valence-electron chi connectivity index (χ2n) is 2.26. The van der Waals surface area contributed by atoms with Gasteiger partial charge in [-0.15, -0.1) is 0 Å². The lowest BCUT2D eigenvalue weighted by molar-refractivity contribution is -0.131. The fraction of sp³-hybridized carbons (Fsp3) is 0.111. The Balaban J connectivity index is 2.93. The molecule has 4 heteroatoms. The predicted molar refractivity (Wildman–Crippen MR) is 47.5 cm³/mol. The van der Waals surface area contributed by atoms with Gasteiger partial charge in [-0.05, 0) is 18.2 Å². The maximum absolute atomic E-state index is 10.2. The van der Waals surface area contributed by atoms with Gasteiger partial charge in [0.05, 0.1) is 7.11 Å². The van der Waals surface area contributed by atoms with Crippen LogP contribution in [0.4, 0.5) is 0 Å². The smallest absolute Gasteiger partial charge is 0.328 e. The van der Waals surface area contributed by atoms with Crippen LogP contribution in [0, 0.1) is 0 Å². The molecule has 1 N–H and O–H groups in total. The van der Waals surface area contributed by atoms with E-state index >= 15 is 0 Å². The van der Waals surface area contributed by atoms with Gasteiger partial charge in [-0.25, -0.2) is 4.79 Å². The Kier molecular flexibility index (Phi) is 3.03. The Hall–Kier alpha value is -1.84. The van der Waals surface area contributed by atoms with E-state index in [1.54, 1.807) is 18.3 Å². The first-order valence-electron chi connectivity index (χ1n) is 3.64. The highest BCUT2D eigenvalue weighted by atomic mass is 16.5. The largest absolute Gasteiger partial charge is 0.494 e.